The molecule has 0 bridgehead atoms. The van der Waals surface area contributed by atoms with Gasteiger partial charge in [0.2, 0.25) is 0 Å². The van der Waals surface area contributed by atoms with E-state index < -0.39 is 23.7 Å². The van der Waals surface area contributed by atoms with Gasteiger partial charge in [0.25, 0.3) is 5.56 Å². The van der Waals surface area contributed by atoms with Crippen LogP contribution in [0.25, 0.3) is 0 Å². The highest BCUT2D eigenvalue weighted by Crippen LogP contribution is 2.25. The Hall–Kier alpha value is -2.50. The first-order chi connectivity index (χ1) is 13.6. The Morgan fingerprint density at radius 2 is 1.76 bits per heavy atom. The van der Waals surface area contributed by atoms with Crippen LogP contribution in [0.4, 0.5) is 23.7 Å². The number of hydrogen-bond donors (Lipinski definition) is 3. The number of nitrogens with zero attached hydrogens (tertiary/aromatic N) is 3. The van der Waals surface area contributed by atoms with Crippen LogP contribution in [-0.2, 0) is 4.79 Å². The first kappa shape index (κ1) is 21.2. The van der Waals surface area contributed by atoms with Crippen molar-refractivity contribution in [1.82, 2.24) is 25.7 Å². The number of piperidine rings is 1. The third-order valence-electron chi connectivity index (χ3n) is 5.00. The van der Waals surface area contributed by atoms with Gasteiger partial charge in [-0.3, -0.25) is 9.59 Å². The van der Waals surface area contributed by atoms with Crippen LogP contribution in [-0.4, -0.2) is 71.5 Å². The maximum Gasteiger partial charge on any atom is 0.471 e. The number of anilines is 1. The van der Waals surface area contributed by atoms with E-state index in [2.05, 4.69) is 20.8 Å². The monoisotopic (exact) mass is 436 g/mol. The van der Waals surface area contributed by atoms with E-state index in [1.807, 2.05) is 4.90 Å². The maximum absolute atomic E-state index is 12.5. The van der Waals surface area contributed by atoms with Gasteiger partial charge in [-0.05, 0) is 19.3 Å². The van der Waals surface area contributed by atoms with Crippen molar-refractivity contribution in [1.29, 1.82) is 0 Å². The van der Waals surface area contributed by atoms with Crippen LogP contribution in [0.2, 0.25) is 5.02 Å². The number of likely N-dealkylation sites (tertiary alicyclic amines) is 1. The Morgan fingerprint density at radius 1 is 1.14 bits per heavy atom. The molecule has 2 aliphatic rings. The third kappa shape index (κ3) is 5.11. The predicted octanol–water partition coefficient (Wildman–Crippen LogP) is 0.854. The summed E-state index contributed by atoms with van der Waals surface area (Å²) in [5.41, 5.74) is -0.00417. The van der Waals surface area contributed by atoms with E-state index in [4.69, 9.17) is 11.6 Å². The fourth-order valence-corrected chi connectivity index (χ4v) is 3.72. The average molecular weight is 437 g/mol. The lowest BCUT2D eigenvalue weighted by Crippen LogP contribution is -2.52. The number of carbonyl (C=O) groups excluding carboxylic acids is 2. The van der Waals surface area contributed by atoms with Crippen LogP contribution < -0.4 is 21.1 Å². The third-order valence-corrected chi connectivity index (χ3v) is 5.37. The number of rotatable bonds is 3. The number of alkyl halides is 3. The smallest absolute Gasteiger partial charge is 0.367 e. The SMILES string of the molecule is O=C(NC1CCN(C(=O)C(F)(F)F)CC1)N[C@H]1CCN(c2cn[nH]c(=O)c2Cl)C1. The predicted molar refractivity (Wildman–Crippen MR) is 97.8 cm³/mol. The number of amides is 3. The molecule has 0 aromatic carbocycles. The van der Waals surface area contributed by atoms with E-state index in [-0.39, 0.29) is 43.0 Å². The fourth-order valence-electron chi connectivity index (χ4n) is 3.51. The molecule has 3 heterocycles. The lowest BCUT2D eigenvalue weighted by atomic mass is 10.1. The number of urea groups is 1. The minimum atomic E-state index is -4.88. The summed E-state index contributed by atoms with van der Waals surface area (Å²) in [5.74, 6) is -1.85. The van der Waals surface area contributed by atoms with Gasteiger partial charge in [0.1, 0.15) is 5.02 Å². The Bertz CT molecular complexity index is 825. The van der Waals surface area contributed by atoms with E-state index in [1.165, 1.54) is 6.20 Å². The molecule has 2 saturated heterocycles. The number of aromatic amines is 1. The number of aromatic nitrogens is 2. The van der Waals surface area contributed by atoms with Crippen LogP contribution in [0.5, 0.6) is 0 Å². The topological polar surface area (TPSA) is 110 Å². The highest BCUT2D eigenvalue weighted by Gasteiger charge is 2.43. The number of carbonyl (C=O) groups is 2. The van der Waals surface area contributed by atoms with Gasteiger partial charge in [-0.2, -0.15) is 18.3 Å². The summed E-state index contributed by atoms with van der Waals surface area (Å²) in [6.45, 7) is 0.896. The highest BCUT2D eigenvalue weighted by atomic mass is 35.5. The van der Waals surface area contributed by atoms with Crippen LogP contribution >= 0.6 is 11.6 Å². The molecule has 0 radical (unpaired) electrons. The standard InChI is InChI=1S/C16H20ClF3N6O3/c17-12-11(7-21-24-13(12)27)26-6-3-10(8-26)23-15(29)22-9-1-4-25(5-2-9)14(28)16(18,19)20/h7,9-10H,1-6,8H2,(H,24,27)(H2,22,23,29)/t10-/m0/s1. The van der Waals surface area contributed by atoms with Crippen molar-refractivity contribution in [2.75, 3.05) is 31.1 Å². The molecule has 1 aromatic heterocycles. The molecule has 0 saturated carbocycles. The molecule has 0 unspecified atom stereocenters. The van der Waals surface area contributed by atoms with Crippen molar-refractivity contribution in [3.8, 4) is 0 Å². The zero-order valence-corrected chi connectivity index (χ0v) is 16.0. The minimum absolute atomic E-state index is 0.0327. The van der Waals surface area contributed by atoms with Crippen molar-refractivity contribution >= 4 is 29.2 Å². The van der Waals surface area contributed by atoms with Crippen LogP contribution in [0.3, 0.4) is 0 Å². The summed E-state index contributed by atoms with van der Waals surface area (Å²) in [6.07, 6.45) is -2.30. The van der Waals surface area contributed by atoms with E-state index in [9.17, 15) is 27.6 Å². The normalized spacial score (nSPS) is 20.6. The molecule has 0 aliphatic carbocycles. The molecule has 13 heteroatoms. The van der Waals surface area contributed by atoms with Gasteiger partial charge in [-0.15, -0.1) is 0 Å². The molecular formula is C16H20ClF3N6O3. The molecule has 9 nitrogen and oxygen atoms in total. The summed E-state index contributed by atoms with van der Waals surface area (Å²) in [5, 5.41) is 11.6. The molecule has 2 fully saturated rings. The number of nitrogens with one attached hydrogen (secondary N) is 3. The lowest BCUT2D eigenvalue weighted by molar-refractivity contribution is -0.186. The molecule has 1 atom stereocenters. The van der Waals surface area contributed by atoms with Crippen molar-refractivity contribution in [2.45, 2.75) is 37.5 Å². The minimum Gasteiger partial charge on any atom is -0.367 e. The number of H-pyrrole nitrogens is 1. The van der Waals surface area contributed by atoms with Gasteiger partial charge in [0.05, 0.1) is 11.9 Å². The second-order valence-electron chi connectivity index (χ2n) is 7.01. The molecule has 160 valence electrons. The zero-order chi connectivity index (χ0) is 21.2. The Labute approximate surface area is 168 Å². The first-order valence-corrected chi connectivity index (χ1v) is 9.44. The molecule has 3 rings (SSSR count). The molecular weight excluding hydrogens is 417 g/mol. The van der Waals surface area contributed by atoms with Crippen LogP contribution in [0.1, 0.15) is 19.3 Å². The largest absolute Gasteiger partial charge is 0.471 e. The maximum atomic E-state index is 12.5. The molecule has 0 spiro atoms. The van der Waals surface area contributed by atoms with E-state index in [0.29, 0.717) is 25.2 Å². The number of hydrogen-bond acceptors (Lipinski definition) is 5. The van der Waals surface area contributed by atoms with E-state index in [1.54, 1.807) is 0 Å². The zero-order valence-electron chi connectivity index (χ0n) is 15.3. The first-order valence-electron chi connectivity index (χ1n) is 9.06. The summed E-state index contributed by atoms with van der Waals surface area (Å²) in [6, 6.07) is -0.916. The van der Waals surface area contributed by atoms with E-state index >= 15 is 0 Å². The summed E-state index contributed by atoms with van der Waals surface area (Å²) in [4.78, 5) is 37.6. The summed E-state index contributed by atoms with van der Waals surface area (Å²) in [7, 11) is 0. The van der Waals surface area contributed by atoms with Crippen molar-refractivity contribution < 1.29 is 22.8 Å². The van der Waals surface area contributed by atoms with Gasteiger partial charge in [-0.25, -0.2) is 9.89 Å². The van der Waals surface area contributed by atoms with Gasteiger partial charge >= 0.3 is 18.1 Å². The Kier molecular flexibility index (Phi) is 6.20. The van der Waals surface area contributed by atoms with Crippen LogP contribution in [0, 0.1) is 0 Å². The average Bonchev–Trinajstić information content (AvgIpc) is 3.11. The van der Waals surface area contributed by atoms with Gasteiger partial charge in [0, 0.05) is 38.3 Å². The molecule has 3 amide bonds. The van der Waals surface area contributed by atoms with E-state index in [0.717, 1.165) is 4.90 Å². The van der Waals surface area contributed by atoms with Crippen molar-refractivity contribution in [2.24, 2.45) is 0 Å². The molecule has 29 heavy (non-hydrogen) atoms. The molecule has 3 N–H and O–H groups in total. The molecule has 2 aliphatic heterocycles. The van der Waals surface area contributed by atoms with Gasteiger partial charge in [0.15, 0.2) is 0 Å². The second-order valence-corrected chi connectivity index (χ2v) is 7.39. The highest BCUT2D eigenvalue weighted by molar-refractivity contribution is 6.33. The Balaban J connectivity index is 1.45. The summed E-state index contributed by atoms with van der Waals surface area (Å²) < 4.78 is 37.4. The van der Waals surface area contributed by atoms with Crippen LogP contribution in [0.15, 0.2) is 11.0 Å². The van der Waals surface area contributed by atoms with Crippen molar-refractivity contribution in [3.05, 3.63) is 21.6 Å². The second kappa shape index (κ2) is 8.47. The summed E-state index contributed by atoms with van der Waals surface area (Å²) >= 11 is 5.99. The fraction of sp³-hybridized carbons (Fsp3) is 0.625. The van der Waals surface area contributed by atoms with Gasteiger partial charge in [-0.1, -0.05) is 11.6 Å². The Morgan fingerprint density at radius 3 is 2.41 bits per heavy atom. The molecule has 1 aromatic rings. The lowest BCUT2D eigenvalue weighted by Gasteiger charge is -2.32. The quantitative estimate of drug-likeness (QED) is 0.651. The van der Waals surface area contributed by atoms with Crippen molar-refractivity contribution in [3.63, 3.8) is 0 Å². The number of halogens is 4. The van der Waals surface area contributed by atoms with Gasteiger partial charge < -0.3 is 20.4 Å².